The van der Waals surface area contributed by atoms with Crippen LogP contribution in [0.3, 0.4) is 0 Å². The van der Waals surface area contributed by atoms with Gasteiger partial charge in [0.25, 0.3) is 5.56 Å². The number of hydrogen-bond acceptors (Lipinski definition) is 6. The summed E-state index contributed by atoms with van der Waals surface area (Å²) in [7, 11) is 1.59. The highest BCUT2D eigenvalue weighted by atomic mass is 79.9. The molecule has 0 spiro atoms. The second-order valence-electron chi connectivity index (χ2n) is 6.71. The number of carbonyl (C=O) groups excluding carboxylic acids is 1. The van der Waals surface area contributed by atoms with Crippen molar-refractivity contribution in [3.05, 3.63) is 54.9 Å². The molecule has 0 unspecified atom stereocenters. The third-order valence-corrected chi connectivity index (χ3v) is 5.42. The van der Waals surface area contributed by atoms with Crippen molar-refractivity contribution in [2.45, 2.75) is 40.4 Å². The summed E-state index contributed by atoms with van der Waals surface area (Å²) in [5.41, 5.74) is 0.689. The summed E-state index contributed by atoms with van der Waals surface area (Å²) in [6, 6.07) is 5.66. The van der Waals surface area contributed by atoms with Gasteiger partial charge in [-0.1, -0.05) is 6.07 Å². The minimum atomic E-state index is -0.473. The summed E-state index contributed by atoms with van der Waals surface area (Å²) in [5, 5.41) is 0. The standard InChI is InChI=1S/C20H23BrN4O5/c1-5-23-19(27)17-18(24(20(23)28)8-9-30-13(3)26)22-12(2)25(17)11-14-6-7-16(29-4)15(21)10-14/h6-7,10H,5,8-9,11H2,1-4H3. The maximum atomic E-state index is 13.1. The van der Waals surface area contributed by atoms with Crippen molar-refractivity contribution in [3.8, 4) is 5.75 Å². The van der Waals surface area contributed by atoms with Crippen LogP contribution in [0.4, 0.5) is 0 Å². The number of nitrogens with zero attached hydrogens (tertiary/aromatic N) is 4. The molecule has 0 N–H and O–H groups in total. The Morgan fingerprint density at radius 2 is 1.93 bits per heavy atom. The summed E-state index contributed by atoms with van der Waals surface area (Å²) >= 11 is 3.48. The molecule has 0 fully saturated rings. The summed E-state index contributed by atoms with van der Waals surface area (Å²) in [6.07, 6.45) is 0. The third-order valence-electron chi connectivity index (χ3n) is 4.80. The topological polar surface area (TPSA) is 97.3 Å². The Hall–Kier alpha value is -2.88. The number of carbonyl (C=O) groups is 1. The maximum Gasteiger partial charge on any atom is 0.332 e. The van der Waals surface area contributed by atoms with Gasteiger partial charge < -0.3 is 14.0 Å². The van der Waals surface area contributed by atoms with Gasteiger partial charge >= 0.3 is 11.7 Å². The van der Waals surface area contributed by atoms with Crippen LogP contribution in [-0.4, -0.2) is 38.4 Å². The minimum absolute atomic E-state index is 0.0175. The van der Waals surface area contributed by atoms with Crippen molar-refractivity contribution in [2.75, 3.05) is 13.7 Å². The van der Waals surface area contributed by atoms with Gasteiger partial charge in [0.1, 0.15) is 18.2 Å². The summed E-state index contributed by atoms with van der Waals surface area (Å²) in [5.74, 6) is 0.872. The summed E-state index contributed by atoms with van der Waals surface area (Å²) in [6.45, 7) is 5.57. The zero-order valence-electron chi connectivity index (χ0n) is 17.3. The van der Waals surface area contributed by atoms with Gasteiger partial charge in [-0.3, -0.25) is 18.7 Å². The van der Waals surface area contributed by atoms with Gasteiger partial charge in [-0.25, -0.2) is 9.78 Å². The molecule has 160 valence electrons. The molecule has 1 aromatic carbocycles. The Kier molecular flexibility index (Phi) is 6.45. The Morgan fingerprint density at radius 1 is 1.20 bits per heavy atom. The number of fused-ring (bicyclic) bond motifs is 1. The summed E-state index contributed by atoms with van der Waals surface area (Å²) < 4.78 is 15.4. The quantitative estimate of drug-likeness (QED) is 0.482. The van der Waals surface area contributed by atoms with Crippen LogP contribution in [0.25, 0.3) is 11.2 Å². The van der Waals surface area contributed by atoms with Gasteiger partial charge in [-0.15, -0.1) is 0 Å². The van der Waals surface area contributed by atoms with Crippen molar-refractivity contribution in [2.24, 2.45) is 0 Å². The van der Waals surface area contributed by atoms with E-state index in [4.69, 9.17) is 9.47 Å². The van der Waals surface area contributed by atoms with E-state index in [1.165, 1.54) is 11.5 Å². The molecule has 0 aliphatic rings. The van der Waals surface area contributed by atoms with Crippen molar-refractivity contribution in [1.29, 1.82) is 0 Å². The lowest BCUT2D eigenvalue weighted by atomic mass is 10.2. The number of ether oxygens (including phenoxy) is 2. The van der Waals surface area contributed by atoms with E-state index in [2.05, 4.69) is 20.9 Å². The van der Waals surface area contributed by atoms with Gasteiger partial charge in [-0.05, 0) is 47.5 Å². The van der Waals surface area contributed by atoms with Crippen LogP contribution in [-0.2, 0) is 29.2 Å². The van der Waals surface area contributed by atoms with Gasteiger partial charge in [0, 0.05) is 20.0 Å². The van der Waals surface area contributed by atoms with Gasteiger partial charge in [-0.2, -0.15) is 0 Å². The highest BCUT2D eigenvalue weighted by Gasteiger charge is 2.20. The van der Waals surface area contributed by atoms with Crippen LogP contribution in [0.2, 0.25) is 0 Å². The van der Waals surface area contributed by atoms with E-state index in [-0.39, 0.29) is 25.3 Å². The maximum absolute atomic E-state index is 13.1. The number of aromatic nitrogens is 4. The molecule has 2 heterocycles. The molecule has 0 radical (unpaired) electrons. The normalized spacial score (nSPS) is 11.1. The molecule has 0 aliphatic carbocycles. The second kappa shape index (κ2) is 8.86. The third kappa shape index (κ3) is 4.04. The Labute approximate surface area is 181 Å². The zero-order valence-corrected chi connectivity index (χ0v) is 18.9. The average Bonchev–Trinajstić information content (AvgIpc) is 3.01. The van der Waals surface area contributed by atoms with Crippen molar-refractivity contribution < 1.29 is 14.3 Å². The number of esters is 1. The fourth-order valence-electron chi connectivity index (χ4n) is 3.34. The molecule has 10 heteroatoms. The zero-order chi connectivity index (χ0) is 22.0. The molecule has 0 saturated carbocycles. The van der Waals surface area contributed by atoms with Gasteiger partial charge in [0.2, 0.25) is 0 Å². The highest BCUT2D eigenvalue weighted by Crippen LogP contribution is 2.26. The first kappa shape index (κ1) is 21.8. The van der Waals surface area contributed by atoms with Crippen LogP contribution in [0.5, 0.6) is 5.75 Å². The molecule has 0 saturated heterocycles. The molecule has 30 heavy (non-hydrogen) atoms. The number of aryl methyl sites for hydroxylation is 1. The molecular formula is C20H23BrN4O5. The van der Waals surface area contributed by atoms with E-state index in [0.29, 0.717) is 23.6 Å². The monoisotopic (exact) mass is 478 g/mol. The summed E-state index contributed by atoms with van der Waals surface area (Å²) in [4.78, 5) is 41.5. The Balaban J connectivity index is 2.15. The van der Waals surface area contributed by atoms with Crippen molar-refractivity contribution in [3.63, 3.8) is 0 Å². The molecule has 0 amide bonds. The lowest BCUT2D eigenvalue weighted by Crippen LogP contribution is -2.40. The molecule has 0 atom stereocenters. The molecule has 0 aliphatic heterocycles. The molecule has 9 nitrogen and oxygen atoms in total. The van der Waals surface area contributed by atoms with Crippen molar-refractivity contribution >= 4 is 33.1 Å². The van der Waals surface area contributed by atoms with E-state index < -0.39 is 17.2 Å². The average molecular weight is 479 g/mol. The molecule has 2 aromatic heterocycles. The predicted molar refractivity (Wildman–Crippen MR) is 115 cm³/mol. The first-order chi connectivity index (χ1) is 14.3. The molecule has 3 aromatic rings. The lowest BCUT2D eigenvalue weighted by Gasteiger charge is -2.12. The van der Waals surface area contributed by atoms with E-state index in [1.807, 2.05) is 18.2 Å². The Bertz CT molecular complexity index is 1220. The first-order valence-electron chi connectivity index (χ1n) is 9.44. The van der Waals surface area contributed by atoms with E-state index in [1.54, 1.807) is 25.5 Å². The molecular weight excluding hydrogens is 456 g/mol. The number of benzene rings is 1. The fraction of sp³-hybridized carbons (Fsp3) is 0.400. The van der Waals surface area contributed by atoms with Crippen LogP contribution in [0.1, 0.15) is 25.2 Å². The highest BCUT2D eigenvalue weighted by molar-refractivity contribution is 9.10. The Morgan fingerprint density at radius 3 is 2.53 bits per heavy atom. The van der Waals surface area contributed by atoms with Crippen LogP contribution >= 0.6 is 15.9 Å². The van der Waals surface area contributed by atoms with Gasteiger partial charge in [0.05, 0.1) is 18.1 Å². The van der Waals surface area contributed by atoms with Crippen LogP contribution in [0, 0.1) is 6.92 Å². The van der Waals surface area contributed by atoms with E-state index >= 15 is 0 Å². The second-order valence-corrected chi connectivity index (χ2v) is 7.56. The SMILES string of the molecule is CCn1c(=O)c2c(nc(C)n2Cc2ccc(OC)c(Br)c2)n(CCOC(C)=O)c1=O. The number of rotatable bonds is 7. The largest absolute Gasteiger partial charge is 0.496 e. The van der Waals surface area contributed by atoms with Crippen LogP contribution in [0.15, 0.2) is 32.3 Å². The fourth-order valence-corrected chi connectivity index (χ4v) is 3.93. The van der Waals surface area contributed by atoms with E-state index in [0.717, 1.165) is 14.6 Å². The lowest BCUT2D eigenvalue weighted by molar-refractivity contribution is -0.141. The smallest absolute Gasteiger partial charge is 0.332 e. The number of imidazole rings is 1. The van der Waals surface area contributed by atoms with Crippen molar-refractivity contribution in [1.82, 2.24) is 18.7 Å². The van der Waals surface area contributed by atoms with E-state index in [9.17, 15) is 14.4 Å². The minimum Gasteiger partial charge on any atom is -0.496 e. The first-order valence-corrected chi connectivity index (χ1v) is 10.2. The number of methoxy groups -OCH3 is 1. The van der Waals surface area contributed by atoms with Crippen LogP contribution < -0.4 is 16.0 Å². The predicted octanol–water partition coefficient (Wildman–Crippen LogP) is 2.07. The number of hydrogen-bond donors (Lipinski definition) is 0. The van der Waals surface area contributed by atoms with Gasteiger partial charge in [0.15, 0.2) is 11.2 Å². The number of halogens is 1. The molecule has 3 rings (SSSR count). The molecule has 0 bridgehead atoms.